The van der Waals surface area contributed by atoms with E-state index in [1.54, 1.807) is 0 Å². The molecule has 0 saturated carbocycles. The van der Waals surface area contributed by atoms with Crippen molar-refractivity contribution in [1.29, 1.82) is 0 Å². The van der Waals surface area contributed by atoms with E-state index in [1.807, 2.05) is 30.4 Å². The highest BCUT2D eigenvalue weighted by Gasteiger charge is 2.45. The summed E-state index contributed by atoms with van der Waals surface area (Å²) in [5.41, 5.74) is 1.77. The second-order valence-corrected chi connectivity index (χ2v) is 3.53. The van der Waals surface area contributed by atoms with Gasteiger partial charge in [-0.2, -0.15) is 0 Å². The molecule has 1 aromatic rings. The molecular formula is C11H10O2. The van der Waals surface area contributed by atoms with E-state index in [1.165, 1.54) is 5.56 Å². The standard InChI is InChI=1S/C11H10O2/c12-7-11-6-5-10(13-11)8-3-1-2-4-9(8)11/h1-6,10,12H,7H2. The van der Waals surface area contributed by atoms with Crippen LogP contribution in [0.1, 0.15) is 17.2 Å². The molecule has 1 aromatic carbocycles. The summed E-state index contributed by atoms with van der Waals surface area (Å²) < 4.78 is 5.72. The van der Waals surface area contributed by atoms with Crippen LogP contribution in [0.4, 0.5) is 0 Å². The second-order valence-electron chi connectivity index (χ2n) is 3.53. The molecule has 2 atom stereocenters. The molecule has 0 radical (unpaired) electrons. The largest absolute Gasteiger partial charge is 0.393 e. The Hall–Kier alpha value is -1.12. The number of rotatable bonds is 1. The van der Waals surface area contributed by atoms with Crippen molar-refractivity contribution in [3.05, 3.63) is 47.5 Å². The van der Waals surface area contributed by atoms with Crippen molar-refractivity contribution >= 4 is 0 Å². The van der Waals surface area contributed by atoms with E-state index in [0.29, 0.717) is 0 Å². The quantitative estimate of drug-likeness (QED) is 0.654. The van der Waals surface area contributed by atoms with E-state index in [0.717, 1.165) is 5.56 Å². The van der Waals surface area contributed by atoms with Gasteiger partial charge in [-0.1, -0.05) is 30.3 Å². The summed E-state index contributed by atoms with van der Waals surface area (Å²) in [6.45, 7) is 0.0248. The van der Waals surface area contributed by atoms with Gasteiger partial charge >= 0.3 is 0 Å². The number of aliphatic hydroxyl groups is 1. The molecule has 2 heteroatoms. The fourth-order valence-electron chi connectivity index (χ4n) is 2.17. The third kappa shape index (κ3) is 0.747. The average Bonchev–Trinajstić information content (AvgIpc) is 2.75. The fraction of sp³-hybridized carbons (Fsp3) is 0.273. The molecule has 0 amide bonds. The molecule has 1 N–H and O–H groups in total. The molecule has 66 valence electrons. The highest BCUT2D eigenvalue weighted by atomic mass is 16.5. The maximum Gasteiger partial charge on any atom is 0.136 e. The lowest BCUT2D eigenvalue weighted by atomic mass is 9.88. The van der Waals surface area contributed by atoms with E-state index >= 15 is 0 Å². The monoisotopic (exact) mass is 174 g/mol. The van der Waals surface area contributed by atoms with Crippen LogP contribution in [-0.4, -0.2) is 11.7 Å². The first-order chi connectivity index (χ1) is 6.36. The highest BCUT2D eigenvalue weighted by molar-refractivity contribution is 5.47. The number of fused-ring (bicyclic) bond motifs is 5. The Balaban J connectivity index is 2.25. The maximum absolute atomic E-state index is 9.31. The topological polar surface area (TPSA) is 29.5 Å². The van der Waals surface area contributed by atoms with Crippen LogP contribution >= 0.6 is 0 Å². The van der Waals surface area contributed by atoms with Gasteiger partial charge in [0.25, 0.3) is 0 Å². The Kier molecular flexibility index (Phi) is 1.25. The van der Waals surface area contributed by atoms with Crippen LogP contribution in [0, 0.1) is 0 Å². The van der Waals surface area contributed by atoms with Gasteiger partial charge in [0.2, 0.25) is 0 Å². The Morgan fingerprint density at radius 1 is 1.38 bits per heavy atom. The van der Waals surface area contributed by atoms with Crippen LogP contribution in [0.25, 0.3) is 0 Å². The normalized spacial score (nSPS) is 33.8. The number of benzene rings is 1. The van der Waals surface area contributed by atoms with Gasteiger partial charge in [-0.25, -0.2) is 0 Å². The van der Waals surface area contributed by atoms with E-state index in [-0.39, 0.29) is 12.7 Å². The zero-order valence-electron chi connectivity index (χ0n) is 7.10. The zero-order chi connectivity index (χ0) is 8.89. The number of hydrogen-bond donors (Lipinski definition) is 1. The van der Waals surface area contributed by atoms with Crippen molar-refractivity contribution in [3.8, 4) is 0 Å². The predicted octanol–water partition coefficient (Wildman–Crippen LogP) is 1.52. The molecule has 2 heterocycles. The molecule has 0 saturated heterocycles. The molecule has 2 aliphatic heterocycles. The van der Waals surface area contributed by atoms with Crippen molar-refractivity contribution in [2.45, 2.75) is 11.7 Å². The van der Waals surface area contributed by atoms with E-state index < -0.39 is 5.60 Å². The minimum atomic E-state index is -0.540. The van der Waals surface area contributed by atoms with E-state index in [2.05, 4.69) is 6.07 Å². The highest BCUT2D eigenvalue weighted by Crippen LogP contribution is 2.49. The number of hydrogen-bond acceptors (Lipinski definition) is 2. The third-order valence-electron chi connectivity index (χ3n) is 2.84. The van der Waals surface area contributed by atoms with Crippen LogP contribution in [-0.2, 0) is 10.3 Å². The van der Waals surface area contributed by atoms with Crippen LogP contribution in [0.5, 0.6) is 0 Å². The third-order valence-corrected chi connectivity index (χ3v) is 2.84. The van der Waals surface area contributed by atoms with Crippen LogP contribution < -0.4 is 0 Å². The summed E-state index contributed by atoms with van der Waals surface area (Å²) in [6.07, 6.45) is 4.03. The first kappa shape index (κ1) is 7.30. The summed E-state index contributed by atoms with van der Waals surface area (Å²) >= 11 is 0. The number of ether oxygens (including phenoxy) is 1. The smallest absolute Gasteiger partial charge is 0.136 e. The minimum absolute atomic E-state index is 0.0248. The van der Waals surface area contributed by atoms with Crippen molar-refractivity contribution < 1.29 is 9.84 Å². The van der Waals surface area contributed by atoms with Gasteiger partial charge in [0, 0.05) is 0 Å². The molecule has 2 aliphatic rings. The summed E-state index contributed by atoms with van der Waals surface area (Å²) in [6, 6.07) is 8.06. The molecule has 2 unspecified atom stereocenters. The molecule has 0 aromatic heterocycles. The molecular weight excluding hydrogens is 164 g/mol. The SMILES string of the molecule is OCC12C=CC(O1)c1ccccc12. The fourth-order valence-corrected chi connectivity index (χ4v) is 2.17. The van der Waals surface area contributed by atoms with Crippen molar-refractivity contribution in [2.75, 3.05) is 6.61 Å². The Morgan fingerprint density at radius 3 is 3.08 bits per heavy atom. The first-order valence-electron chi connectivity index (χ1n) is 4.43. The average molecular weight is 174 g/mol. The van der Waals surface area contributed by atoms with Crippen LogP contribution in [0.3, 0.4) is 0 Å². The molecule has 0 fully saturated rings. The molecule has 13 heavy (non-hydrogen) atoms. The second kappa shape index (κ2) is 2.22. The van der Waals surface area contributed by atoms with Crippen molar-refractivity contribution in [3.63, 3.8) is 0 Å². The van der Waals surface area contributed by atoms with E-state index in [4.69, 9.17) is 4.74 Å². The molecule has 2 bridgehead atoms. The van der Waals surface area contributed by atoms with Gasteiger partial charge in [0.1, 0.15) is 11.7 Å². The Morgan fingerprint density at radius 2 is 2.23 bits per heavy atom. The molecule has 3 rings (SSSR count). The minimum Gasteiger partial charge on any atom is -0.393 e. The van der Waals surface area contributed by atoms with E-state index in [9.17, 15) is 5.11 Å². The van der Waals surface area contributed by atoms with Gasteiger partial charge in [-0.3, -0.25) is 0 Å². The van der Waals surface area contributed by atoms with Gasteiger partial charge in [0.15, 0.2) is 0 Å². The molecule has 0 spiro atoms. The first-order valence-corrected chi connectivity index (χ1v) is 4.43. The lowest BCUT2D eigenvalue weighted by Gasteiger charge is -2.20. The lowest BCUT2D eigenvalue weighted by Crippen LogP contribution is -2.25. The molecule has 2 nitrogen and oxygen atoms in total. The number of aliphatic hydroxyl groups excluding tert-OH is 1. The zero-order valence-corrected chi connectivity index (χ0v) is 7.10. The summed E-state index contributed by atoms with van der Waals surface area (Å²) in [5.74, 6) is 0. The molecule has 0 aliphatic carbocycles. The van der Waals surface area contributed by atoms with Gasteiger partial charge in [-0.15, -0.1) is 0 Å². The van der Waals surface area contributed by atoms with Crippen molar-refractivity contribution in [1.82, 2.24) is 0 Å². The maximum atomic E-state index is 9.31. The lowest BCUT2D eigenvalue weighted by molar-refractivity contribution is -0.0394. The van der Waals surface area contributed by atoms with Crippen molar-refractivity contribution in [2.24, 2.45) is 0 Å². The van der Waals surface area contributed by atoms with Gasteiger partial charge in [0.05, 0.1) is 6.61 Å². The van der Waals surface area contributed by atoms with Crippen LogP contribution in [0.2, 0.25) is 0 Å². The Bertz CT molecular complexity index is 383. The summed E-state index contributed by atoms with van der Waals surface area (Å²) in [7, 11) is 0. The Labute approximate surface area is 76.5 Å². The summed E-state index contributed by atoms with van der Waals surface area (Å²) in [4.78, 5) is 0. The van der Waals surface area contributed by atoms with Gasteiger partial charge < -0.3 is 9.84 Å². The van der Waals surface area contributed by atoms with Crippen LogP contribution in [0.15, 0.2) is 36.4 Å². The van der Waals surface area contributed by atoms with Gasteiger partial charge in [-0.05, 0) is 17.2 Å². The predicted molar refractivity (Wildman–Crippen MR) is 48.2 cm³/mol. The summed E-state index contributed by atoms with van der Waals surface area (Å²) in [5, 5.41) is 9.31.